The maximum absolute atomic E-state index is 11.2. The molecule has 2 heterocycles. The molecular weight excluding hydrogens is 318 g/mol. The molecule has 2 aromatic carbocycles. The summed E-state index contributed by atoms with van der Waals surface area (Å²) in [4.78, 5) is 20.2. The number of aromatic nitrogens is 3. The molecule has 0 fully saturated rings. The number of aliphatic hydroxyl groups is 1. The number of H-pyrrole nitrogens is 2. The molecule has 25 heavy (non-hydrogen) atoms. The number of pyridine rings is 1. The van der Waals surface area contributed by atoms with Gasteiger partial charge in [-0.3, -0.25) is 9.97 Å². The van der Waals surface area contributed by atoms with Gasteiger partial charge in [-0.25, -0.2) is 4.79 Å². The number of rotatable bonds is 3. The number of nitrogens with one attached hydrogen (secondary N) is 2. The molecule has 0 aliphatic rings. The van der Waals surface area contributed by atoms with E-state index in [0.717, 1.165) is 22.0 Å². The van der Waals surface area contributed by atoms with E-state index in [-0.39, 0.29) is 11.6 Å². The largest absolute Gasteiger partial charge is 0.493 e. The molecular formula is C19H15N3O3. The molecule has 0 amide bonds. The van der Waals surface area contributed by atoms with Gasteiger partial charge in [-0.1, -0.05) is 42.5 Å². The number of nitrogens with zero attached hydrogens (tertiary/aromatic N) is 1. The lowest BCUT2D eigenvalue weighted by Crippen LogP contribution is -2.05. The third kappa shape index (κ3) is 2.79. The van der Waals surface area contributed by atoms with Gasteiger partial charge in [0.2, 0.25) is 5.88 Å². The van der Waals surface area contributed by atoms with Crippen LogP contribution in [-0.2, 0) is 0 Å². The molecule has 0 aliphatic carbocycles. The molecule has 0 saturated heterocycles. The van der Waals surface area contributed by atoms with Crippen LogP contribution in [0.5, 0.6) is 5.88 Å². The highest BCUT2D eigenvalue weighted by Crippen LogP contribution is 2.28. The van der Waals surface area contributed by atoms with Crippen LogP contribution in [-0.4, -0.2) is 25.2 Å². The van der Waals surface area contributed by atoms with E-state index in [1.165, 1.54) is 0 Å². The summed E-state index contributed by atoms with van der Waals surface area (Å²) in [7, 11) is 0. The number of para-hydroxylation sites is 1. The first kappa shape index (κ1) is 15.2. The van der Waals surface area contributed by atoms with Crippen molar-refractivity contribution in [1.82, 2.24) is 15.0 Å². The summed E-state index contributed by atoms with van der Waals surface area (Å²) in [6, 6.07) is 17.2. The first-order chi connectivity index (χ1) is 12.1. The van der Waals surface area contributed by atoms with Gasteiger partial charge in [0, 0.05) is 17.1 Å². The third-order valence-corrected chi connectivity index (χ3v) is 4.16. The number of imidazole rings is 1. The van der Waals surface area contributed by atoms with E-state index in [9.17, 15) is 15.0 Å². The average Bonchev–Trinajstić information content (AvgIpc) is 2.99. The summed E-state index contributed by atoms with van der Waals surface area (Å²) >= 11 is 0. The molecule has 6 nitrogen and oxygen atoms in total. The lowest BCUT2D eigenvalue weighted by atomic mass is 10.0. The summed E-state index contributed by atoms with van der Waals surface area (Å²) in [5.41, 5.74) is 2.90. The highest BCUT2D eigenvalue weighted by atomic mass is 16.3. The Bertz CT molecular complexity index is 1100. The third-order valence-electron chi connectivity index (χ3n) is 4.16. The Hall–Kier alpha value is -3.38. The molecule has 4 N–H and O–H groups in total. The van der Waals surface area contributed by atoms with Crippen LogP contribution in [0.1, 0.15) is 17.4 Å². The lowest BCUT2D eigenvalue weighted by molar-refractivity contribution is 0.210. The minimum Gasteiger partial charge on any atom is -0.493 e. The van der Waals surface area contributed by atoms with Gasteiger partial charge in [0.1, 0.15) is 11.8 Å². The van der Waals surface area contributed by atoms with Gasteiger partial charge < -0.3 is 15.2 Å². The molecule has 6 heteroatoms. The van der Waals surface area contributed by atoms with Gasteiger partial charge in [-0.15, -0.1) is 0 Å². The monoisotopic (exact) mass is 333 g/mol. The number of aromatic amines is 2. The normalized spacial score (nSPS) is 12.4. The van der Waals surface area contributed by atoms with E-state index in [2.05, 4.69) is 21.0 Å². The van der Waals surface area contributed by atoms with Gasteiger partial charge in [0.15, 0.2) is 0 Å². The highest BCUT2D eigenvalue weighted by Gasteiger charge is 2.17. The van der Waals surface area contributed by atoms with Crippen molar-refractivity contribution in [1.29, 1.82) is 0 Å². The van der Waals surface area contributed by atoms with Crippen LogP contribution in [0.4, 0.5) is 0 Å². The average molecular weight is 333 g/mol. The fourth-order valence-corrected chi connectivity index (χ4v) is 2.84. The van der Waals surface area contributed by atoms with E-state index in [4.69, 9.17) is 0 Å². The van der Waals surface area contributed by atoms with Crippen LogP contribution < -0.4 is 5.69 Å². The predicted octanol–water partition coefficient (Wildman–Crippen LogP) is 2.71. The highest BCUT2D eigenvalue weighted by molar-refractivity contribution is 5.83. The Morgan fingerprint density at radius 1 is 0.960 bits per heavy atom. The second-order valence-electron chi connectivity index (χ2n) is 5.78. The number of hydrogen-bond acceptors (Lipinski definition) is 4. The van der Waals surface area contributed by atoms with Gasteiger partial charge in [-0.05, 0) is 23.3 Å². The second-order valence-corrected chi connectivity index (χ2v) is 5.78. The van der Waals surface area contributed by atoms with Gasteiger partial charge >= 0.3 is 5.69 Å². The molecule has 4 aromatic rings. The van der Waals surface area contributed by atoms with Gasteiger partial charge in [-0.2, -0.15) is 0 Å². The molecule has 1 atom stereocenters. The second kappa shape index (κ2) is 5.92. The molecule has 2 aromatic heterocycles. The molecule has 1 unspecified atom stereocenters. The quantitative estimate of drug-likeness (QED) is 0.463. The standard InChI is InChI=1S/C19H15N3O3/c23-17(16-18(24)22-19(25)21-16)12-7-5-11(6-8-12)14-9-13-3-1-2-4-15(13)20-10-14/h1-10,17,23-24H,(H2,21,22,25). The van der Waals surface area contributed by atoms with Crippen LogP contribution in [0.2, 0.25) is 0 Å². The van der Waals surface area contributed by atoms with Crippen molar-refractivity contribution < 1.29 is 10.2 Å². The van der Waals surface area contributed by atoms with Crippen LogP contribution >= 0.6 is 0 Å². The number of aromatic hydroxyl groups is 1. The number of fused-ring (bicyclic) bond motifs is 1. The first-order valence-corrected chi connectivity index (χ1v) is 7.76. The maximum Gasteiger partial charge on any atom is 0.326 e. The van der Waals surface area contributed by atoms with E-state index >= 15 is 0 Å². The SMILES string of the molecule is O=c1[nH]c(O)c(C(O)c2ccc(-c3cnc4ccccc4c3)cc2)[nH]1. The van der Waals surface area contributed by atoms with Crippen molar-refractivity contribution in [3.8, 4) is 17.0 Å². The Morgan fingerprint density at radius 2 is 1.72 bits per heavy atom. The molecule has 0 radical (unpaired) electrons. The zero-order valence-corrected chi connectivity index (χ0v) is 13.1. The molecule has 0 bridgehead atoms. The molecule has 0 saturated carbocycles. The topological polar surface area (TPSA) is 102 Å². The summed E-state index contributed by atoms with van der Waals surface area (Å²) < 4.78 is 0. The fraction of sp³-hybridized carbons (Fsp3) is 0.0526. The molecule has 124 valence electrons. The van der Waals surface area contributed by atoms with Crippen molar-refractivity contribution in [2.45, 2.75) is 6.10 Å². The van der Waals surface area contributed by atoms with E-state index in [1.54, 1.807) is 12.1 Å². The zero-order chi connectivity index (χ0) is 17.4. The zero-order valence-electron chi connectivity index (χ0n) is 13.1. The van der Waals surface area contributed by atoms with E-state index in [1.807, 2.05) is 42.6 Å². The summed E-state index contributed by atoms with van der Waals surface area (Å²) in [6.07, 6.45) is 0.686. The van der Waals surface area contributed by atoms with Gasteiger partial charge in [0.05, 0.1) is 5.52 Å². The first-order valence-electron chi connectivity index (χ1n) is 7.76. The van der Waals surface area contributed by atoms with Gasteiger partial charge in [0.25, 0.3) is 0 Å². The molecule has 0 spiro atoms. The van der Waals surface area contributed by atoms with Crippen molar-refractivity contribution in [3.05, 3.63) is 82.5 Å². The maximum atomic E-state index is 11.2. The smallest absolute Gasteiger partial charge is 0.326 e. The fourth-order valence-electron chi connectivity index (χ4n) is 2.84. The van der Waals surface area contributed by atoms with Crippen LogP contribution in [0.15, 0.2) is 65.6 Å². The number of aliphatic hydroxyl groups excluding tert-OH is 1. The van der Waals surface area contributed by atoms with Crippen molar-refractivity contribution in [2.75, 3.05) is 0 Å². The van der Waals surface area contributed by atoms with Crippen LogP contribution in [0.3, 0.4) is 0 Å². The minimum atomic E-state index is -1.12. The summed E-state index contributed by atoms with van der Waals surface area (Å²) in [5, 5.41) is 21.0. The van der Waals surface area contributed by atoms with Crippen LogP contribution in [0.25, 0.3) is 22.0 Å². The van der Waals surface area contributed by atoms with Crippen molar-refractivity contribution in [2.24, 2.45) is 0 Å². The Kier molecular flexibility index (Phi) is 3.59. The number of benzene rings is 2. The lowest BCUT2D eigenvalue weighted by Gasteiger charge is -2.10. The Labute approximate surface area is 142 Å². The van der Waals surface area contributed by atoms with E-state index < -0.39 is 11.8 Å². The summed E-state index contributed by atoms with van der Waals surface area (Å²) in [5.74, 6) is -0.361. The molecule has 0 aliphatic heterocycles. The predicted molar refractivity (Wildman–Crippen MR) is 94.3 cm³/mol. The summed E-state index contributed by atoms with van der Waals surface area (Å²) in [6.45, 7) is 0. The van der Waals surface area contributed by atoms with Crippen LogP contribution in [0, 0.1) is 0 Å². The molecule has 4 rings (SSSR count). The van der Waals surface area contributed by atoms with E-state index in [0.29, 0.717) is 5.56 Å². The Balaban J connectivity index is 1.67. The van der Waals surface area contributed by atoms with Crippen molar-refractivity contribution in [3.63, 3.8) is 0 Å². The minimum absolute atomic E-state index is 0.0464. The Morgan fingerprint density at radius 3 is 2.44 bits per heavy atom. The number of hydrogen-bond donors (Lipinski definition) is 4. The van der Waals surface area contributed by atoms with Crippen molar-refractivity contribution >= 4 is 10.9 Å².